The average Bonchev–Trinajstić information content (AvgIpc) is 2.46. The molecule has 1 unspecified atom stereocenters. The lowest BCUT2D eigenvalue weighted by atomic mass is 9.97. The van der Waals surface area contributed by atoms with Crippen molar-refractivity contribution < 1.29 is 9.47 Å². The third-order valence-electron chi connectivity index (χ3n) is 4.11. The highest BCUT2D eigenvalue weighted by Gasteiger charge is 2.39. The van der Waals surface area contributed by atoms with Gasteiger partial charge in [0.1, 0.15) is 5.75 Å². The second-order valence-electron chi connectivity index (χ2n) is 5.47. The first-order chi connectivity index (χ1) is 9.16. The van der Waals surface area contributed by atoms with Crippen molar-refractivity contribution in [3.63, 3.8) is 0 Å². The van der Waals surface area contributed by atoms with Gasteiger partial charge in [0.15, 0.2) is 0 Å². The van der Waals surface area contributed by atoms with Gasteiger partial charge in [0.25, 0.3) is 0 Å². The van der Waals surface area contributed by atoms with Gasteiger partial charge in [-0.25, -0.2) is 0 Å². The molecule has 1 heterocycles. The van der Waals surface area contributed by atoms with Crippen LogP contribution in [0.4, 0.5) is 0 Å². The predicted molar refractivity (Wildman–Crippen MR) is 77.2 cm³/mol. The third-order valence-corrected chi connectivity index (χ3v) is 4.11. The molecule has 100 valence electrons. The molecule has 2 nitrogen and oxygen atoms in total. The molecule has 0 amide bonds. The van der Waals surface area contributed by atoms with Crippen molar-refractivity contribution in [2.24, 2.45) is 5.92 Å². The maximum Gasteiger partial charge on any atom is 0.212 e. The number of benzene rings is 2. The largest absolute Gasteiger partial charge is 0.462 e. The van der Waals surface area contributed by atoms with E-state index in [0.29, 0.717) is 12.5 Å². The maximum absolute atomic E-state index is 6.22. The van der Waals surface area contributed by atoms with Gasteiger partial charge in [0, 0.05) is 17.9 Å². The van der Waals surface area contributed by atoms with E-state index in [4.69, 9.17) is 9.47 Å². The van der Waals surface area contributed by atoms with Gasteiger partial charge in [-0.15, -0.1) is 0 Å². The minimum absolute atomic E-state index is 0.331. The Hall–Kier alpha value is -1.54. The summed E-state index contributed by atoms with van der Waals surface area (Å²) in [5.41, 5.74) is 1.17. The summed E-state index contributed by atoms with van der Waals surface area (Å²) in [6.07, 6.45) is 0.858. The number of fused-ring (bicyclic) bond motifs is 3. The van der Waals surface area contributed by atoms with Crippen LogP contribution in [0.5, 0.6) is 5.75 Å². The lowest BCUT2D eigenvalue weighted by Crippen LogP contribution is -2.46. The van der Waals surface area contributed by atoms with E-state index in [1.807, 2.05) is 0 Å². The van der Waals surface area contributed by atoms with Gasteiger partial charge in [0.2, 0.25) is 5.79 Å². The fourth-order valence-corrected chi connectivity index (χ4v) is 2.84. The summed E-state index contributed by atoms with van der Waals surface area (Å²) in [6.45, 7) is 7.04. The Morgan fingerprint density at radius 3 is 2.68 bits per heavy atom. The molecule has 1 atom stereocenters. The summed E-state index contributed by atoms with van der Waals surface area (Å²) in [4.78, 5) is 0. The van der Waals surface area contributed by atoms with Crippen molar-refractivity contribution >= 4 is 10.8 Å². The van der Waals surface area contributed by atoms with E-state index in [1.165, 1.54) is 16.3 Å². The molecule has 0 N–H and O–H groups in total. The standard InChI is InChI=1S/C17H20O2/c1-4-17(12(2)3)18-11-15-14-8-6-5-7-13(14)9-10-16(15)19-17/h5-10,12H,4,11H2,1-3H3. The lowest BCUT2D eigenvalue weighted by molar-refractivity contribution is -0.232. The van der Waals surface area contributed by atoms with Crippen LogP contribution in [0.3, 0.4) is 0 Å². The Labute approximate surface area is 114 Å². The molecule has 1 aliphatic rings. The first-order valence-corrected chi connectivity index (χ1v) is 7.00. The van der Waals surface area contributed by atoms with Crippen molar-refractivity contribution in [1.29, 1.82) is 0 Å². The summed E-state index contributed by atoms with van der Waals surface area (Å²) < 4.78 is 12.3. The number of ether oxygens (including phenoxy) is 2. The minimum Gasteiger partial charge on any atom is -0.462 e. The fraction of sp³-hybridized carbons (Fsp3) is 0.412. The lowest BCUT2D eigenvalue weighted by Gasteiger charge is -2.41. The second kappa shape index (κ2) is 4.53. The van der Waals surface area contributed by atoms with E-state index >= 15 is 0 Å². The third kappa shape index (κ3) is 1.91. The molecule has 19 heavy (non-hydrogen) atoms. The summed E-state index contributed by atoms with van der Waals surface area (Å²) >= 11 is 0. The highest BCUT2D eigenvalue weighted by Crippen LogP contribution is 2.40. The molecule has 2 heteroatoms. The maximum atomic E-state index is 6.22. The van der Waals surface area contributed by atoms with Crippen LogP contribution in [0.2, 0.25) is 0 Å². The quantitative estimate of drug-likeness (QED) is 0.787. The van der Waals surface area contributed by atoms with Gasteiger partial charge >= 0.3 is 0 Å². The summed E-state index contributed by atoms with van der Waals surface area (Å²) in [5, 5.41) is 2.47. The van der Waals surface area contributed by atoms with Gasteiger partial charge in [-0.1, -0.05) is 51.1 Å². The first kappa shape index (κ1) is 12.5. The van der Waals surface area contributed by atoms with Crippen LogP contribution in [-0.4, -0.2) is 5.79 Å². The molecule has 0 radical (unpaired) electrons. The second-order valence-corrected chi connectivity index (χ2v) is 5.47. The zero-order valence-corrected chi connectivity index (χ0v) is 11.8. The zero-order valence-electron chi connectivity index (χ0n) is 11.8. The minimum atomic E-state index is -0.477. The van der Waals surface area contributed by atoms with Gasteiger partial charge < -0.3 is 9.47 Å². The molecule has 0 saturated heterocycles. The van der Waals surface area contributed by atoms with Crippen molar-refractivity contribution in [2.75, 3.05) is 0 Å². The predicted octanol–water partition coefficient (Wildman–Crippen LogP) is 4.51. The molecule has 0 bridgehead atoms. The SMILES string of the molecule is CCC1(C(C)C)OCc2c(ccc3ccccc23)O1. The van der Waals surface area contributed by atoms with Crippen molar-refractivity contribution in [2.45, 2.75) is 39.6 Å². The Kier molecular flexibility index (Phi) is 2.98. The molecule has 0 fully saturated rings. The van der Waals surface area contributed by atoms with Crippen LogP contribution in [0.1, 0.15) is 32.8 Å². The molecule has 0 saturated carbocycles. The van der Waals surface area contributed by atoms with Crippen LogP contribution in [0.25, 0.3) is 10.8 Å². The average molecular weight is 256 g/mol. The van der Waals surface area contributed by atoms with Crippen LogP contribution in [-0.2, 0) is 11.3 Å². The van der Waals surface area contributed by atoms with Crippen molar-refractivity contribution in [3.8, 4) is 5.75 Å². The summed E-state index contributed by atoms with van der Waals surface area (Å²) in [6, 6.07) is 12.6. The van der Waals surface area contributed by atoms with Crippen LogP contribution < -0.4 is 4.74 Å². The van der Waals surface area contributed by atoms with Gasteiger partial charge in [-0.3, -0.25) is 0 Å². The molecule has 0 spiro atoms. The topological polar surface area (TPSA) is 18.5 Å². The van der Waals surface area contributed by atoms with Crippen molar-refractivity contribution in [3.05, 3.63) is 42.0 Å². The number of hydrogen-bond donors (Lipinski definition) is 0. The molecule has 0 aromatic heterocycles. The highest BCUT2D eigenvalue weighted by atomic mass is 16.7. The van der Waals surface area contributed by atoms with E-state index in [-0.39, 0.29) is 0 Å². The number of hydrogen-bond acceptors (Lipinski definition) is 2. The summed E-state index contributed by atoms with van der Waals surface area (Å²) in [5.74, 6) is 0.827. The normalized spacial score (nSPS) is 22.3. The fourth-order valence-electron chi connectivity index (χ4n) is 2.84. The summed E-state index contributed by atoms with van der Waals surface area (Å²) in [7, 11) is 0. The smallest absolute Gasteiger partial charge is 0.212 e. The number of rotatable bonds is 2. The Balaban J connectivity index is 2.10. The van der Waals surface area contributed by atoms with Crippen molar-refractivity contribution in [1.82, 2.24) is 0 Å². The molecule has 2 aromatic rings. The van der Waals surface area contributed by atoms with Gasteiger partial charge in [0.05, 0.1) is 6.61 Å². The Bertz CT molecular complexity index is 603. The molecule has 2 aromatic carbocycles. The van der Waals surface area contributed by atoms with Gasteiger partial charge in [-0.05, 0) is 16.8 Å². The Morgan fingerprint density at radius 2 is 1.95 bits per heavy atom. The molecule has 1 aliphatic heterocycles. The van der Waals surface area contributed by atoms with Gasteiger partial charge in [-0.2, -0.15) is 0 Å². The van der Waals surface area contributed by atoms with E-state index in [1.54, 1.807) is 0 Å². The molecular weight excluding hydrogens is 236 g/mol. The van der Waals surface area contributed by atoms with Crippen LogP contribution in [0.15, 0.2) is 36.4 Å². The first-order valence-electron chi connectivity index (χ1n) is 7.00. The van der Waals surface area contributed by atoms with E-state index < -0.39 is 5.79 Å². The molecule has 0 aliphatic carbocycles. The van der Waals surface area contributed by atoms with E-state index in [9.17, 15) is 0 Å². The van der Waals surface area contributed by atoms with E-state index in [0.717, 1.165) is 12.2 Å². The molecular formula is C17H20O2. The highest BCUT2D eigenvalue weighted by molar-refractivity contribution is 5.87. The van der Waals surface area contributed by atoms with Crippen LogP contribution in [0, 0.1) is 5.92 Å². The Morgan fingerprint density at radius 1 is 1.16 bits per heavy atom. The zero-order chi connectivity index (χ0) is 13.5. The monoisotopic (exact) mass is 256 g/mol. The molecule has 3 rings (SSSR count). The van der Waals surface area contributed by atoms with Crippen LogP contribution >= 0.6 is 0 Å². The van der Waals surface area contributed by atoms with E-state index in [2.05, 4.69) is 57.2 Å².